The Morgan fingerprint density at radius 2 is 2.35 bits per heavy atom. The van der Waals surface area contributed by atoms with Crippen LogP contribution < -0.4 is 10.6 Å². The van der Waals surface area contributed by atoms with Crippen LogP contribution in [0.2, 0.25) is 0 Å². The quantitative estimate of drug-likeness (QED) is 0.758. The van der Waals surface area contributed by atoms with Crippen molar-refractivity contribution in [2.45, 2.75) is 26.3 Å². The van der Waals surface area contributed by atoms with Crippen LogP contribution in [0, 0.1) is 12.3 Å². The van der Waals surface area contributed by atoms with Crippen molar-refractivity contribution in [1.82, 2.24) is 10.3 Å². The number of terminal acetylenes is 1. The van der Waals surface area contributed by atoms with Crippen molar-refractivity contribution in [3.05, 3.63) is 24.0 Å². The van der Waals surface area contributed by atoms with Crippen LogP contribution in [0.4, 0.5) is 5.69 Å². The molecule has 0 aliphatic rings. The second-order valence-corrected chi connectivity index (χ2v) is 3.56. The highest BCUT2D eigenvalue weighted by atomic mass is 16.1. The van der Waals surface area contributed by atoms with Gasteiger partial charge in [0.15, 0.2) is 0 Å². The Balaban J connectivity index is 2.79. The zero-order chi connectivity index (χ0) is 12.7. The third-order valence-electron chi connectivity index (χ3n) is 2.28. The Hall–Kier alpha value is -2.02. The number of nitrogens with zero attached hydrogens (tertiary/aromatic N) is 1. The molecule has 17 heavy (non-hydrogen) atoms. The number of hydrogen-bond acceptors (Lipinski definition) is 3. The predicted octanol–water partition coefficient (Wildman–Crippen LogP) is 1.65. The van der Waals surface area contributed by atoms with Crippen LogP contribution in [0.3, 0.4) is 0 Å². The second kappa shape index (κ2) is 6.54. The lowest BCUT2D eigenvalue weighted by atomic mass is 10.2. The molecule has 0 saturated heterocycles. The van der Waals surface area contributed by atoms with E-state index >= 15 is 0 Å². The third-order valence-corrected chi connectivity index (χ3v) is 2.28. The highest BCUT2D eigenvalue weighted by molar-refractivity contribution is 5.93. The standard InChI is InChI=1S/C13H17N3O/c1-4-10(5-2)16-11-7-8-15-12(9-11)13(17)14-6-3/h1,7-10H,5-6H2,2-3H3,(H,14,17)(H,15,16). The van der Waals surface area contributed by atoms with Gasteiger partial charge in [0.2, 0.25) is 0 Å². The Bertz CT molecular complexity index is 423. The van der Waals surface area contributed by atoms with Crippen molar-refractivity contribution < 1.29 is 4.79 Å². The van der Waals surface area contributed by atoms with Gasteiger partial charge in [-0.25, -0.2) is 0 Å². The molecule has 1 aromatic heterocycles. The molecule has 1 amide bonds. The van der Waals surface area contributed by atoms with E-state index in [1.165, 1.54) is 0 Å². The first kappa shape index (κ1) is 13.0. The lowest BCUT2D eigenvalue weighted by Crippen LogP contribution is -2.24. The van der Waals surface area contributed by atoms with Crippen LogP contribution in [0.15, 0.2) is 18.3 Å². The van der Waals surface area contributed by atoms with Crippen molar-refractivity contribution in [2.24, 2.45) is 0 Å². The predicted molar refractivity (Wildman–Crippen MR) is 68.8 cm³/mol. The number of aromatic nitrogens is 1. The van der Waals surface area contributed by atoms with Gasteiger partial charge in [0.1, 0.15) is 5.69 Å². The van der Waals surface area contributed by atoms with E-state index in [0.29, 0.717) is 12.2 Å². The Kier molecular flexibility index (Phi) is 5.02. The van der Waals surface area contributed by atoms with E-state index in [4.69, 9.17) is 6.42 Å². The van der Waals surface area contributed by atoms with Gasteiger partial charge in [-0.05, 0) is 25.5 Å². The van der Waals surface area contributed by atoms with Crippen molar-refractivity contribution in [2.75, 3.05) is 11.9 Å². The molecule has 90 valence electrons. The van der Waals surface area contributed by atoms with Crippen LogP contribution in [0.5, 0.6) is 0 Å². The number of hydrogen-bond donors (Lipinski definition) is 2. The number of carbonyl (C=O) groups excluding carboxylic acids is 1. The molecule has 0 aliphatic carbocycles. The number of pyridine rings is 1. The molecule has 4 nitrogen and oxygen atoms in total. The fraction of sp³-hybridized carbons (Fsp3) is 0.385. The Morgan fingerprint density at radius 1 is 1.59 bits per heavy atom. The lowest BCUT2D eigenvalue weighted by Gasteiger charge is -2.12. The zero-order valence-electron chi connectivity index (χ0n) is 10.2. The summed E-state index contributed by atoms with van der Waals surface area (Å²) in [4.78, 5) is 15.6. The first-order valence-corrected chi connectivity index (χ1v) is 5.68. The van der Waals surface area contributed by atoms with Crippen molar-refractivity contribution in [1.29, 1.82) is 0 Å². The SMILES string of the molecule is C#CC(CC)Nc1ccnc(C(=O)NCC)c1. The molecule has 1 atom stereocenters. The summed E-state index contributed by atoms with van der Waals surface area (Å²) < 4.78 is 0. The van der Waals surface area contributed by atoms with Gasteiger partial charge in [0.05, 0.1) is 6.04 Å². The molecule has 1 rings (SSSR count). The van der Waals surface area contributed by atoms with Crippen LogP contribution in [0.25, 0.3) is 0 Å². The van der Waals surface area contributed by atoms with Gasteiger partial charge < -0.3 is 10.6 Å². The largest absolute Gasteiger partial charge is 0.371 e. The first-order valence-electron chi connectivity index (χ1n) is 5.68. The molecule has 0 aromatic carbocycles. The average molecular weight is 231 g/mol. The van der Waals surface area contributed by atoms with Crippen LogP contribution >= 0.6 is 0 Å². The number of anilines is 1. The first-order chi connectivity index (χ1) is 8.21. The maximum Gasteiger partial charge on any atom is 0.269 e. The monoisotopic (exact) mass is 231 g/mol. The smallest absolute Gasteiger partial charge is 0.269 e. The fourth-order valence-corrected chi connectivity index (χ4v) is 1.36. The van der Waals surface area contributed by atoms with Crippen LogP contribution in [-0.2, 0) is 0 Å². The van der Waals surface area contributed by atoms with Gasteiger partial charge in [-0.2, -0.15) is 0 Å². The molecule has 1 aromatic rings. The number of carbonyl (C=O) groups is 1. The second-order valence-electron chi connectivity index (χ2n) is 3.56. The minimum atomic E-state index is -0.176. The van der Waals surface area contributed by atoms with E-state index in [-0.39, 0.29) is 11.9 Å². The van der Waals surface area contributed by atoms with E-state index in [1.54, 1.807) is 18.3 Å². The van der Waals surface area contributed by atoms with Crippen LogP contribution in [0.1, 0.15) is 30.8 Å². The molecule has 1 unspecified atom stereocenters. The van der Waals surface area contributed by atoms with E-state index in [9.17, 15) is 4.79 Å². The molecular weight excluding hydrogens is 214 g/mol. The minimum absolute atomic E-state index is 0.0283. The summed E-state index contributed by atoms with van der Waals surface area (Å²) in [5.41, 5.74) is 1.20. The molecule has 0 fully saturated rings. The molecule has 0 spiro atoms. The molecule has 0 radical (unpaired) electrons. The summed E-state index contributed by atoms with van der Waals surface area (Å²) in [6.07, 6.45) is 7.79. The summed E-state index contributed by atoms with van der Waals surface area (Å²) in [6, 6.07) is 3.47. The molecule has 0 aliphatic heterocycles. The van der Waals surface area contributed by atoms with E-state index in [2.05, 4.69) is 21.5 Å². The molecular formula is C13H17N3O. The molecule has 2 N–H and O–H groups in total. The Labute approximate surface area is 102 Å². The average Bonchev–Trinajstić information content (AvgIpc) is 2.36. The summed E-state index contributed by atoms with van der Waals surface area (Å²) in [5.74, 6) is 2.47. The Morgan fingerprint density at radius 3 is 2.94 bits per heavy atom. The van der Waals surface area contributed by atoms with Crippen molar-refractivity contribution in [3.63, 3.8) is 0 Å². The molecule has 0 saturated carbocycles. The van der Waals surface area contributed by atoms with Gasteiger partial charge >= 0.3 is 0 Å². The van der Waals surface area contributed by atoms with E-state index in [0.717, 1.165) is 12.1 Å². The summed E-state index contributed by atoms with van der Waals surface area (Å²) in [7, 11) is 0. The maximum atomic E-state index is 11.6. The van der Waals surface area contributed by atoms with Gasteiger partial charge in [-0.3, -0.25) is 9.78 Å². The lowest BCUT2D eigenvalue weighted by molar-refractivity contribution is 0.0951. The number of nitrogens with one attached hydrogen (secondary N) is 2. The van der Waals surface area contributed by atoms with E-state index < -0.39 is 0 Å². The highest BCUT2D eigenvalue weighted by Crippen LogP contribution is 2.10. The number of amides is 1. The van der Waals surface area contributed by atoms with Gasteiger partial charge in [0, 0.05) is 18.4 Å². The maximum absolute atomic E-state index is 11.6. The summed E-state index contributed by atoms with van der Waals surface area (Å²) in [6.45, 7) is 4.45. The fourth-order valence-electron chi connectivity index (χ4n) is 1.36. The zero-order valence-corrected chi connectivity index (χ0v) is 10.2. The highest BCUT2D eigenvalue weighted by Gasteiger charge is 2.07. The van der Waals surface area contributed by atoms with Crippen LogP contribution in [-0.4, -0.2) is 23.5 Å². The van der Waals surface area contributed by atoms with Gasteiger partial charge in [-0.1, -0.05) is 12.8 Å². The third kappa shape index (κ3) is 3.80. The van der Waals surface area contributed by atoms with Gasteiger partial charge in [0.25, 0.3) is 5.91 Å². The topological polar surface area (TPSA) is 54.0 Å². The van der Waals surface area contributed by atoms with Crippen molar-refractivity contribution >= 4 is 11.6 Å². The van der Waals surface area contributed by atoms with Crippen molar-refractivity contribution in [3.8, 4) is 12.3 Å². The normalized spacial score (nSPS) is 11.4. The minimum Gasteiger partial charge on any atom is -0.371 e. The number of rotatable bonds is 5. The van der Waals surface area contributed by atoms with E-state index in [1.807, 2.05) is 13.8 Å². The van der Waals surface area contributed by atoms with Gasteiger partial charge in [-0.15, -0.1) is 6.42 Å². The summed E-state index contributed by atoms with van der Waals surface area (Å²) in [5, 5.41) is 5.86. The molecule has 0 bridgehead atoms. The molecule has 4 heteroatoms. The summed E-state index contributed by atoms with van der Waals surface area (Å²) >= 11 is 0. The molecule has 1 heterocycles.